The number of methoxy groups -OCH3 is 1. The van der Waals surface area contributed by atoms with Crippen LogP contribution in [0.2, 0.25) is 0 Å². The van der Waals surface area contributed by atoms with E-state index in [-0.39, 0.29) is 17.4 Å². The van der Waals surface area contributed by atoms with E-state index >= 15 is 0 Å². The Morgan fingerprint density at radius 1 is 1.03 bits per heavy atom. The SMILES string of the molecule is COc1ccc(Oc2ccc([N+](=O)[O-])cc2-c2nc(-c3ccccn3)no2)cc1. The molecule has 0 fully saturated rings. The van der Waals surface area contributed by atoms with Crippen molar-refractivity contribution in [3.8, 4) is 40.2 Å². The van der Waals surface area contributed by atoms with Crippen molar-refractivity contribution < 1.29 is 18.9 Å². The molecule has 0 aliphatic carbocycles. The molecular weight excluding hydrogens is 376 g/mol. The zero-order valence-electron chi connectivity index (χ0n) is 15.2. The third-order valence-corrected chi connectivity index (χ3v) is 4.01. The number of benzene rings is 2. The fourth-order valence-corrected chi connectivity index (χ4v) is 2.59. The highest BCUT2D eigenvalue weighted by atomic mass is 16.6. The van der Waals surface area contributed by atoms with E-state index in [0.717, 1.165) is 0 Å². The number of aromatic nitrogens is 3. The zero-order valence-corrected chi connectivity index (χ0v) is 15.2. The summed E-state index contributed by atoms with van der Waals surface area (Å²) >= 11 is 0. The highest BCUT2D eigenvalue weighted by molar-refractivity contribution is 5.68. The van der Waals surface area contributed by atoms with Gasteiger partial charge < -0.3 is 14.0 Å². The lowest BCUT2D eigenvalue weighted by molar-refractivity contribution is -0.384. The first-order valence-corrected chi connectivity index (χ1v) is 8.50. The number of nitro benzene ring substituents is 1. The molecule has 0 amide bonds. The second kappa shape index (κ2) is 7.77. The standard InChI is InChI=1S/C20H14N4O5/c1-27-14-6-8-15(9-7-14)28-18-10-5-13(24(25)26)12-16(18)20-22-19(23-29-20)17-4-2-3-11-21-17/h2-12H,1H3. The van der Waals surface area contributed by atoms with Crippen molar-refractivity contribution in [2.45, 2.75) is 0 Å². The minimum absolute atomic E-state index is 0.0814. The highest BCUT2D eigenvalue weighted by Gasteiger charge is 2.20. The second-order valence-electron chi connectivity index (χ2n) is 5.85. The molecule has 4 aromatic rings. The smallest absolute Gasteiger partial charge is 0.270 e. The lowest BCUT2D eigenvalue weighted by atomic mass is 10.1. The number of hydrogen-bond donors (Lipinski definition) is 0. The molecule has 2 heterocycles. The monoisotopic (exact) mass is 390 g/mol. The van der Waals surface area contributed by atoms with Gasteiger partial charge >= 0.3 is 0 Å². The van der Waals surface area contributed by atoms with Crippen LogP contribution in [-0.4, -0.2) is 27.2 Å². The van der Waals surface area contributed by atoms with Gasteiger partial charge in [0.15, 0.2) is 0 Å². The number of ether oxygens (including phenoxy) is 2. The van der Waals surface area contributed by atoms with E-state index in [0.29, 0.717) is 28.5 Å². The molecule has 2 aromatic heterocycles. The number of hydrogen-bond acceptors (Lipinski definition) is 8. The summed E-state index contributed by atoms with van der Waals surface area (Å²) in [5.74, 6) is 1.88. The molecule has 9 heteroatoms. The largest absolute Gasteiger partial charge is 0.497 e. The number of non-ortho nitro benzene ring substituents is 1. The van der Waals surface area contributed by atoms with Crippen LogP contribution in [0.1, 0.15) is 0 Å². The Kier molecular flexibility index (Phi) is 4.85. The molecular formula is C20H14N4O5. The molecule has 0 aliphatic rings. The lowest BCUT2D eigenvalue weighted by Gasteiger charge is -2.09. The van der Waals surface area contributed by atoms with Crippen LogP contribution in [0, 0.1) is 10.1 Å². The van der Waals surface area contributed by atoms with Gasteiger partial charge in [-0.25, -0.2) is 0 Å². The van der Waals surface area contributed by atoms with Gasteiger partial charge in [-0.2, -0.15) is 4.98 Å². The average molecular weight is 390 g/mol. The minimum Gasteiger partial charge on any atom is -0.497 e. The molecule has 29 heavy (non-hydrogen) atoms. The van der Waals surface area contributed by atoms with Crippen LogP contribution in [0.15, 0.2) is 71.4 Å². The maximum atomic E-state index is 11.2. The second-order valence-corrected chi connectivity index (χ2v) is 5.85. The summed E-state index contributed by atoms with van der Waals surface area (Å²) in [5, 5.41) is 15.1. The van der Waals surface area contributed by atoms with Gasteiger partial charge in [0.2, 0.25) is 5.82 Å². The summed E-state index contributed by atoms with van der Waals surface area (Å²) in [6, 6.07) is 16.4. The van der Waals surface area contributed by atoms with Gasteiger partial charge in [-0.1, -0.05) is 11.2 Å². The normalized spacial score (nSPS) is 10.5. The Morgan fingerprint density at radius 2 is 1.83 bits per heavy atom. The molecule has 0 aliphatic heterocycles. The van der Waals surface area contributed by atoms with Gasteiger partial charge in [0, 0.05) is 18.3 Å². The van der Waals surface area contributed by atoms with Gasteiger partial charge in [-0.3, -0.25) is 15.1 Å². The summed E-state index contributed by atoms with van der Waals surface area (Å²) in [5.41, 5.74) is 0.690. The van der Waals surface area contributed by atoms with Gasteiger partial charge in [-0.15, -0.1) is 0 Å². The number of rotatable bonds is 6. The molecule has 2 aromatic carbocycles. The van der Waals surface area contributed by atoms with E-state index < -0.39 is 4.92 Å². The molecule has 4 rings (SSSR count). The maximum absolute atomic E-state index is 11.2. The van der Waals surface area contributed by atoms with E-state index in [1.54, 1.807) is 55.8 Å². The number of nitrogens with zero attached hydrogens (tertiary/aromatic N) is 4. The molecule has 0 radical (unpaired) electrons. The summed E-state index contributed by atoms with van der Waals surface area (Å²) in [7, 11) is 1.57. The fourth-order valence-electron chi connectivity index (χ4n) is 2.59. The van der Waals surface area contributed by atoms with E-state index in [2.05, 4.69) is 15.1 Å². The van der Waals surface area contributed by atoms with Crippen LogP contribution >= 0.6 is 0 Å². The number of nitro groups is 1. The molecule has 0 bridgehead atoms. The summed E-state index contributed by atoms with van der Waals surface area (Å²) in [6.45, 7) is 0. The molecule has 0 saturated carbocycles. The first-order valence-electron chi connectivity index (χ1n) is 8.50. The van der Waals surface area contributed by atoms with Crippen LogP contribution in [-0.2, 0) is 0 Å². The molecule has 144 valence electrons. The topological polar surface area (TPSA) is 113 Å². The van der Waals surface area contributed by atoms with Crippen molar-refractivity contribution in [3.05, 3.63) is 77.0 Å². The first-order chi connectivity index (χ1) is 14.1. The summed E-state index contributed by atoms with van der Waals surface area (Å²) in [6.07, 6.45) is 1.61. The van der Waals surface area contributed by atoms with Gasteiger partial charge in [0.1, 0.15) is 22.9 Å². The van der Waals surface area contributed by atoms with E-state index in [1.165, 1.54) is 18.2 Å². The third kappa shape index (κ3) is 3.88. The average Bonchev–Trinajstić information content (AvgIpc) is 3.25. The quantitative estimate of drug-likeness (QED) is 0.349. The van der Waals surface area contributed by atoms with Crippen LogP contribution < -0.4 is 9.47 Å². The summed E-state index contributed by atoms with van der Waals surface area (Å²) < 4.78 is 16.4. The Hall–Kier alpha value is -4.27. The lowest BCUT2D eigenvalue weighted by Crippen LogP contribution is -1.93. The molecule has 9 nitrogen and oxygen atoms in total. The van der Waals surface area contributed by atoms with Crippen molar-refractivity contribution in [1.29, 1.82) is 0 Å². The molecule has 0 N–H and O–H groups in total. The zero-order chi connectivity index (χ0) is 20.2. The first kappa shape index (κ1) is 18.1. The molecule has 0 unspecified atom stereocenters. The molecule has 0 saturated heterocycles. The maximum Gasteiger partial charge on any atom is 0.270 e. The predicted octanol–water partition coefficient (Wildman–Crippen LogP) is 4.51. The van der Waals surface area contributed by atoms with Crippen molar-refractivity contribution >= 4 is 5.69 Å². The van der Waals surface area contributed by atoms with Crippen LogP contribution in [0.4, 0.5) is 5.69 Å². The summed E-state index contributed by atoms with van der Waals surface area (Å²) in [4.78, 5) is 19.2. The van der Waals surface area contributed by atoms with Crippen molar-refractivity contribution in [2.75, 3.05) is 7.11 Å². The van der Waals surface area contributed by atoms with Crippen molar-refractivity contribution in [2.24, 2.45) is 0 Å². The Morgan fingerprint density at radius 3 is 2.52 bits per heavy atom. The Balaban J connectivity index is 1.73. The van der Waals surface area contributed by atoms with E-state index in [1.807, 2.05) is 0 Å². The minimum atomic E-state index is -0.503. The van der Waals surface area contributed by atoms with Gasteiger partial charge in [0.05, 0.1) is 17.6 Å². The van der Waals surface area contributed by atoms with Crippen LogP contribution in [0.25, 0.3) is 23.0 Å². The van der Waals surface area contributed by atoms with E-state index in [4.69, 9.17) is 14.0 Å². The Labute approximate surface area is 164 Å². The Bertz CT molecular complexity index is 1140. The fraction of sp³-hybridized carbons (Fsp3) is 0.0500. The van der Waals surface area contributed by atoms with Gasteiger partial charge in [-0.05, 0) is 42.5 Å². The van der Waals surface area contributed by atoms with Crippen LogP contribution in [0.3, 0.4) is 0 Å². The van der Waals surface area contributed by atoms with Crippen LogP contribution in [0.5, 0.6) is 17.2 Å². The third-order valence-electron chi connectivity index (χ3n) is 4.01. The molecule has 0 spiro atoms. The van der Waals surface area contributed by atoms with Crippen molar-refractivity contribution in [3.63, 3.8) is 0 Å². The van der Waals surface area contributed by atoms with E-state index in [9.17, 15) is 10.1 Å². The van der Waals surface area contributed by atoms with Crippen molar-refractivity contribution in [1.82, 2.24) is 15.1 Å². The van der Waals surface area contributed by atoms with Gasteiger partial charge in [0.25, 0.3) is 11.6 Å². The number of pyridine rings is 1. The predicted molar refractivity (Wildman–Crippen MR) is 103 cm³/mol. The molecule has 0 atom stereocenters. The highest BCUT2D eigenvalue weighted by Crippen LogP contribution is 2.36.